The summed E-state index contributed by atoms with van der Waals surface area (Å²) in [6.45, 7) is 10.8. The molecule has 4 amide bonds. The quantitative estimate of drug-likeness (QED) is 0.597. The number of urea groups is 1. The molecule has 31 heavy (non-hydrogen) atoms. The Labute approximate surface area is 186 Å². The molecule has 1 heterocycles. The molecule has 2 fully saturated rings. The van der Waals surface area contributed by atoms with Crippen LogP contribution >= 0.6 is 0 Å². The second-order valence-corrected chi connectivity index (χ2v) is 10.00. The number of hydrogen-bond acceptors (Lipinski definition) is 3. The number of amides is 4. The normalized spacial score (nSPS) is 24.9. The molecule has 6 nitrogen and oxygen atoms in total. The predicted molar refractivity (Wildman–Crippen MR) is 123 cm³/mol. The Morgan fingerprint density at radius 3 is 2.35 bits per heavy atom. The Kier molecular flexibility index (Phi) is 6.77. The molecule has 0 unspecified atom stereocenters. The van der Waals surface area contributed by atoms with Gasteiger partial charge in [-0.25, -0.2) is 4.79 Å². The summed E-state index contributed by atoms with van der Waals surface area (Å²) in [5, 5.41) is 5.72. The van der Waals surface area contributed by atoms with Crippen LogP contribution in [-0.4, -0.2) is 34.8 Å². The average Bonchev–Trinajstić information content (AvgIpc) is 2.98. The number of rotatable bonds is 7. The predicted octanol–water partition coefficient (Wildman–Crippen LogP) is 5.06. The zero-order chi connectivity index (χ0) is 22.8. The lowest BCUT2D eigenvalue weighted by molar-refractivity contribution is -0.135. The fraction of sp³-hybridized carbons (Fsp3) is 0.640. The molecule has 1 aromatic carbocycles. The summed E-state index contributed by atoms with van der Waals surface area (Å²) in [5.41, 5.74) is 1.28. The first-order valence-electron chi connectivity index (χ1n) is 11.7. The van der Waals surface area contributed by atoms with Crippen molar-refractivity contribution in [3.63, 3.8) is 0 Å². The fourth-order valence-corrected chi connectivity index (χ4v) is 4.81. The highest BCUT2D eigenvalue weighted by molar-refractivity contribution is 6.10. The molecule has 0 bridgehead atoms. The minimum atomic E-state index is -0.838. The summed E-state index contributed by atoms with van der Waals surface area (Å²) in [4.78, 5) is 39.3. The fourth-order valence-electron chi connectivity index (χ4n) is 4.81. The number of anilines is 1. The molecular formula is C25H37N3O3. The maximum absolute atomic E-state index is 13.1. The highest BCUT2D eigenvalue weighted by atomic mass is 16.2. The van der Waals surface area contributed by atoms with Gasteiger partial charge in [0.2, 0.25) is 5.91 Å². The van der Waals surface area contributed by atoms with Crippen molar-refractivity contribution >= 4 is 23.5 Å². The molecule has 1 atom stereocenters. The number of carbonyl (C=O) groups is 3. The Bertz CT molecular complexity index is 823. The maximum atomic E-state index is 13.1. The van der Waals surface area contributed by atoms with Gasteiger partial charge in [-0.3, -0.25) is 14.5 Å². The van der Waals surface area contributed by atoms with Crippen LogP contribution in [0.5, 0.6) is 0 Å². The Morgan fingerprint density at radius 2 is 1.81 bits per heavy atom. The van der Waals surface area contributed by atoms with E-state index in [0.717, 1.165) is 30.6 Å². The zero-order valence-corrected chi connectivity index (χ0v) is 19.6. The third-order valence-corrected chi connectivity index (χ3v) is 7.78. The van der Waals surface area contributed by atoms with Crippen molar-refractivity contribution in [3.8, 4) is 0 Å². The molecule has 3 rings (SSSR count). The molecule has 2 N–H and O–H groups in total. The zero-order valence-electron chi connectivity index (χ0n) is 19.6. The van der Waals surface area contributed by atoms with Gasteiger partial charge in [-0.05, 0) is 67.1 Å². The van der Waals surface area contributed by atoms with Crippen LogP contribution in [-0.2, 0) is 9.59 Å². The Balaban J connectivity index is 1.59. The van der Waals surface area contributed by atoms with Crippen LogP contribution in [0.2, 0.25) is 0 Å². The Morgan fingerprint density at radius 1 is 1.19 bits per heavy atom. The molecule has 1 saturated carbocycles. The molecule has 0 radical (unpaired) electrons. The Hall–Kier alpha value is -2.37. The monoisotopic (exact) mass is 427 g/mol. The number of benzene rings is 1. The number of imide groups is 1. The van der Waals surface area contributed by atoms with Crippen LogP contribution < -0.4 is 10.6 Å². The molecule has 1 saturated heterocycles. The van der Waals surface area contributed by atoms with E-state index in [-0.39, 0.29) is 23.8 Å². The van der Waals surface area contributed by atoms with Crippen molar-refractivity contribution in [2.24, 2.45) is 11.3 Å². The lowest BCUT2D eigenvalue weighted by atomic mass is 9.65. The second kappa shape index (κ2) is 9.01. The van der Waals surface area contributed by atoms with Crippen LogP contribution in [0.25, 0.3) is 0 Å². The smallest absolute Gasteiger partial charge is 0.325 e. The molecule has 1 aliphatic carbocycles. The lowest BCUT2D eigenvalue weighted by Gasteiger charge is -2.42. The van der Waals surface area contributed by atoms with E-state index in [1.807, 2.05) is 24.3 Å². The van der Waals surface area contributed by atoms with Crippen LogP contribution in [0, 0.1) is 11.3 Å². The SMILES string of the molecule is CC[C@H](C)c1ccc(NC(=O)CN2C(=O)NC3(CCC(C(C)(C)CC)CC3)C2=O)cc1. The van der Waals surface area contributed by atoms with Gasteiger partial charge >= 0.3 is 6.03 Å². The molecule has 170 valence electrons. The third-order valence-electron chi connectivity index (χ3n) is 7.78. The lowest BCUT2D eigenvalue weighted by Crippen LogP contribution is -2.51. The third kappa shape index (κ3) is 4.78. The second-order valence-electron chi connectivity index (χ2n) is 10.00. The minimum Gasteiger partial charge on any atom is -0.325 e. The highest BCUT2D eigenvalue weighted by Crippen LogP contribution is 2.45. The van der Waals surface area contributed by atoms with Gasteiger partial charge in [0.15, 0.2) is 0 Å². The summed E-state index contributed by atoms with van der Waals surface area (Å²) < 4.78 is 0. The van der Waals surface area contributed by atoms with Gasteiger partial charge in [0.25, 0.3) is 5.91 Å². The molecule has 1 aliphatic heterocycles. The molecule has 2 aliphatic rings. The first-order chi connectivity index (χ1) is 14.6. The van der Waals surface area contributed by atoms with Crippen LogP contribution in [0.4, 0.5) is 10.5 Å². The van der Waals surface area contributed by atoms with E-state index in [9.17, 15) is 14.4 Å². The largest absolute Gasteiger partial charge is 0.325 e. The van der Waals surface area contributed by atoms with Crippen molar-refractivity contribution in [1.82, 2.24) is 10.2 Å². The van der Waals surface area contributed by atoms with Gasteiger partial charge in [0.1, 0.15) is 12.1 Å². The first-order valence-corrected chi connectivity index (χ1v) is 11.7. The molecule has 0 aromatic heterocycles. The summed E-state index contributed by atoms with van der Waals surface area (Å²) in [6.07, 6.45) is 5.25. The molecular weight excluding hydrogens is 390 g/mol. The molecule has 6 heteroatoms. The number of nitrogens with zero attached hydrogens (tertiary/aromatic N) is 1. The maximum Gasteiger partial charge on any atom is 0.325 e. The summed E-state index contributed by atoms with van der Waals surface area (Å²) in [5.74, 6) is 0.388. The van der Waals surface area contributed by atoms with Gasteiger partial charge in [-0.1, -0.05) is 53.2 Å². The topological polar surface area (TPSA) is 78.5 Å². The summed E-state index contributed by atoms with van der Waals surface area (Å²) >= 11 is 0. The van der Waals surface area contributed by atoms with Gasteiger partial charge < -0.3 is 10.6 Å². The van der Waals surface area contributed by atoms with Gasteiger partial charge in [0, 0.05) is 5.69 Å². The highest BCUT2D eigenvalue weighted by Gasteiger charge is 2.53. The minimum absolute atomic E-state index is 0.233. The van der Waals surface area contributed by atoms with Gasteiger partial charge in [-0.15, -0.1) is 0 Å². The van der Waals surface area contributed by atoms with Crippen LogP contribution in [0.3, 0.4) is 0 Å². The summed E-state index contributed by atoms with van der Waals surface area (Å²) in [6, 6.07) is 7.28. The van der Waals surface area contributed by atoms with Gasteiger partial charge in [-0.2, -0.15) is 0 Å². The van der Waals surface area contributed by atoms with E-state index in [1.54, 1.807) is 0 Å². The number of hydrogen-bond donors (Lipinski definition) is 2. The van der Waals surface area contributed by atoms with E-state index in [2.05, 4.69) is 45.3 Å². The molecule has 1 spiro atoms. The van der Waals surface area contributed by atoms with E-state index in [1.165, 1.54) is 5.56 Å². The van der Waals surface area contributed by atoms with Crippen molar-refractivity contribution in [2.45, 2.75) is 84.6 Å². The van der Waals surface area contributed by atoms with Crippen molar-refractivity contribution in [2.75, 3.05) is 11.9 Å². The summed E-state index contributed by atoms with van der Waals surface area (Å²) in [7, 11) is 0. The van der Waals surface area contributed by atoms with Crippen molar-refractivity contribution in [3.05, 3.63) is 29.8 Å². The van der Waals surface area contributed by atoms with E-state index in [4.69, 9.17) is 0 Å². The van der Waals surface area contributed by atoms with Crippen molar-refractivity contribution in [1.29, 1.82) is 0 Å². The number of carbonyl (C=O) groups excluding carboxylic acids is 3. The van der Waals surface area contributed by atoms with Gasteiger partial charge in [0.05, 0.1) is 0 Å². The van der Waals surface area contributed by atoms with Crippen molar-refractivity contribution < 1.29 is 14.4 Å². The molecule has 1 aromatic rings. The standard InChI is InChI=1S/C25H37N3O3/c1-6-17(3)18-8-10-20(11-9-18)26-21(29)16-28-22(30)25(27-23(28)31)14-12-19(13-15-25)24(4,5)7-2/h8-11,17,19H,6-7,12-16H2,1-5H3,(H,26,29)(H,27,31)/t17-,19?,25?/m0/s1. The van der Waals surface area contributed by atoms with E-state index >= 15 is 0 Å². The average molecular weight is 428 g/mol. The van der Waals surface area contributed by atoms with E-state index in [0.29, 0.717) is 30.4 Å². The van der Waals surface area contributed by atoms with Crippen LogP contribution in [0.15, 0.2) is 24.3 Å². The van der Waals surface area contributed by atoms with E-state index < -0.39 is 11.6 Å². The number of nitrogens with one attached hydrogen (secondary N) is 2. The van der Waals surface area contributed by atoms with Crippen LogP contribution in [0.1, 0.15) is 84.6 Å². The first kappa shape index (κ1) is 23.3.